The highest BCUT2D eigenvalue weighted by atomic mass is 15.4. The van der Waals surface area contributed by atoms with Crippen LogP contribution in [0, 0.1) is 23.7 Å². The Hall–Kier alpha value is -1.45. The lowest BCUT2D eigenvalue weighted by Gasteiger charge is -2.50. The van der Waals surface area contributed by atoms with Crippen LogP contribution in [0.2, 0.25) is 0 Å². The van der Waals surface area contributed by atoms with E-state index < -0.39 is 0 Å². The molecule has 0 aliphatic heterocycles. The molecule has 0 unspecified atom stereocenters. The van der Waals surface area contributed by atoms with Crippen molar-refractivity contribution < 1.29 is 0 Å². The predicted molar refractivity (Wildman–Crippen MR) is 70.1 cm³/mol. The van der Waals surface area contributed by atoms with E-state index in [1.807, 2.05) is 6.07 Å². The summed E-state index contributed by atoms with van der Waals surface area (Å²) in [6, 6.07) is 1.82. The van der Waals surface area contributed by atoms with E-state index in [1.54, 1.807) is 12.4 Å². The summed E-state index contributed by atoms with van der Waals surface area (Å²) < 4.78 is 0. The van der Waals surface area contributed by atoms with Gasteiger partial charge in [-0.25, -0.2) is 15.4 Å². The summed E-state index contributed by atoms with van der Waals surface area (Å²) in [5.74, 6) is 4.05. The molecule has 4 fully saturated rings. The first-order valence-corrected chi connectivity index (χ1v) is 6.99. The smallest absolute Gasteiger partial charge is 0.243 e. The molecular weight excluding hydrogens is 224 g/mol. The van der Waals surface area contributed by atoms with Crippen LogP contribution in [0.1, 0.15) is 32.1 Å². The van der Waals surface area contributed by atoms with Gasteiger partial charge in [0.2, 0.25) is 5.95 Å². The van der Waals surface area contributed by atoms with Crippen molar-refractivity contribution in [2.24, 2.45) is 28.8 Å². The van der Waals surface area contributed by atoms with Gasteiger partial charge in [-0.1, -0.05) is 0 Å². The van der Waals surface area contributed by atoms with Gasteiger partial charge in [0.25, 0.3) is 0 Å². The minimum absolute atomic E-state index is 0.610. The average Bonchev–Trinajstić information content (AvgIpc) is 2.38. The van der Waals surface area contributed by atoms with Crippen molar-refractivity contribution in [1.29, 1.82) is 0 Å². The van der Waals surface area contributed by atoms with Crippen LogP contribution < -0.4 is 5.43 Å². The average molecular weight is 242 g/mol. The lowest BCUT2D eigenvalue weighted by Crippen LogP contribution is -2.45. The van der Waals surface area contributed by atoms with Gasteiger partial charge in [0, 0.05) is 18.1 Å². The standard InChI is InChI=1S/C14H18N4/c1-2-15-14(16-3-1)18-17-13-11-5-9-4-10(7-11)8-12(13)6-9/h1-3,9-12H,4-8H2,(H,15,16,18). The highest BCUT2D eigenvalue weighted by molar-refractivity contribution is 5.91. The molecule has 94 valence electrons. The maximum absolute atomic E-state index is 4.63. The Kier molecular flexibility index (Phi) is 2.35. The first kappa shape index (κ1) is 10.5. The van der Waals surface area contributed by atoms with Crippen LogP contribution in [0.25, 0.3) is 0 Å². The summed E-state index contributed by atoms with van der Waals surface area (Å²) >= 11 is 0. The third kappa shape index (κ3) is 1.71. The zero-order valence-corrected chi connectivity index (χ0v) is 10.4. The Bertz CT molecular complexity index is 438. The summed E-state index contributed by atoms with van der Waals surface area (Å²) in [7, 11) is 0. The number of nitrogens with zero attached hydrogens (tertiary/aromatic N) is 3. The van der Waals surface area contributed by atoms with Gasteiger partial charge >= 0.3 is 0 Å². The molecule has 0 spiro atoms. The first-order valence-electron chi connectivity index (χ1n) is 6.99. The molecule has 1 aromatic heterocycles. The van der Waals surface area contributed by atoms with Crippen LogP contribution in [0.4, 0.5) is 5.95 Å². The highest BCUT2D eigenvalue weighted by Gasteiger charge is 2.46. The molecule has 0 aromatic carbocycles. The molecule has 4 nitrogen and oxygen atoms in total. The lowest BCUT2D eigenvalue weighted by molar-refractivity contribution is 0.108. The summed E-state index contributed by atoms with van der Waals surface area (Å²) in [6.45, 7) is 0. The van der Waals surface area contributed by atoms with Gasteiger partial charge in [0.15, 0.2) is 0 Å². The van der Waals surface area contributed by atoms with Gasteiger partial charge in [-0.3, -0.25) is 0 Å². The number of hydrazone groups is 1. The SMILES string of the molecule is c1cnc(NN=C2C3CC4CC(C3)CC2C4)nc1. The van der Waals surface area contributed by atoms with Gasteiger partial charge in [0.1, 0.15) is 0 Å². The fraction of sp³-hybridized carbons (Fsp3) is 0.643. The van der Waals surface area contributed by atoms with Gasteiger partial charge in [0.05, 0.1) is 0 Å². The van der Waals surface area contributed by atoms with E-state index in [0.717, 1.165) is 23.7 Å². The zero-order valence-electron chi connectivity index (χ0n) is 10.4. The molecule has 0 atom stereocenters. The summed E-state index contributed by atoms with van der Waals surface area (Å²) in [6.07, 6.45) is 10.4. The third-order valence-corrected chi connectivity index (χ3v) is 4.83. The molecule has 18 heavy (non-hydrogen) atoms. The van der Waals surface area contributed by atoms with Crippen LogP contribution >= 0.6 is 0 Å². The Morgan fingerprint density at radius 1 is 0.944 bits per heavy atom. The van der Waals surface area contributed by atoms with Gasteiger partial charge in [-0.15, -0.1) is 0 Å². The molecule has 0 radical (unpaired) electrons. The van der Waals surface area contributed by atoms with Crippen LogP contribution in [-0.4, -0.2) is 15.7 Å². The Balaban J connectivity index is 1.54. The minimum Gasteiger partial charge on any atom is -0.245 e. The molecule has 5 rings (SSSR count). The first-order chi connectivity index (χ1) is 8.88. The maximum atomic E-state index is 4.63. The van der Waals surface area contributed by atoms with E-state index in [1.165, 1.54) is 37.8 Å². The number of nitrogens with one attached hydrogen (secondary N) is 1. The molecule has 1 N–H and O–H groups in total. The second-order valence-electron chi connectivity index (χ2n) is 6.03. The molecule has 1 heterocycles. The van der Waals surface area contributed by atoms with Crippen molar-refractivity contribution in [3.05, 3.63) is 18.5 Å². The quantitative estimate of drug-likeness (QED) is 0.811. The molecular formula is C14H18N4. The molecule has 0 amide bonds. The van der Waals surface area contributed by atoms with E-state index in [-0.39, 0.29) is 0 Å². The maximum Gasteiger partial charge on any atom is 0.243 e. The van der Waals surface area contributed by atoms with Crippen LogP contribution in [0.5, 0.6) is 0 Å². The largest absolute Gasteiger partial charge is 0.245 e. The monoisotopic (exact) mass is 242 g/mol. The highest BCUT2D eigenvalue weighted by Crippen LogP contribution is 2.52. The lowest BCUT2D eigenvalue weighted by atomic mass is 9.55. The predicted octanol–water partition coefficient (Wildman–Crippen LogP) is 2.70. The van der Waals surface area contributed by atoms with Crippen molar-refractivity contribution in [3.63, 3.8) is 0 Å². The molecule has 4 aliphatic carbocycles. The fourth-order valence-corrected chi connectivity index (χ4v) is 4.32. The molecule has 4 heteroatoms. The van der Waals surface area contributed by atoms with E-state index in [9.17, 15) is 0 Å². The summed E-state index contributed by atoms with van der Waals surface area (Å²) in [5, 5.41) is 4.63. The van der Waals surface area contributed by atoms with Crippen LogP contribution in [-0.2, 0) is 0 Å². The molecule has 0 saturated heterocycles. The van der Waals surface area contributed by atoms with E-state index in [2.05, 4.69) is 20.5 Å². The normalized spacial score (nSPS) is 36.8. The number of aromatic nitrogens is 2. The van der Waals surface area contributed by atoms with E-state index in [0.29, 0.717) is 5.95 Å². The van der Waals surface area contributed by atoms with E-state index >= 15 is 0 Å². The summed E-state index contributed by atoms with van der Waals surface area (Å²) in [4.78, 5) is 8.30. The number of hydrogen-bond donors (Lipinski definition) is 1. The van der Waals surface area contributed by atoms with Crippen molar-refractivity contribution in [2.45, 2.75) is 32.1 Å². The molecule has 4 bridgehead atoms. The van der Waals surface area contributed by atoms with Gasteiger partial charge < -0.3 is 0 Å². The van der Waals surface area contributed by atoms with Crippen molar-refractivity contribution >= 4 is 11.7 Å². The van der Waals surface area contributed by atoms with Crippen molar-refractivity contribution in [1.82, 2.24) is 9.97 Å². The Labute approximate surface area is 107 Å². The number of rotatable bonds is 2. The Morgan fingerprint density at radius 2 is 1.56 bits per heavy atom. The topological polar surface area (TPSA) is 50.2 Å². The van der Waals surface area contributed by atoms with Crippen LogP contribution in [0.15, 0.2) is 23.6 Å². The van der Waals surface area contributed by atoms with Crippen molar-refractivity contribution in [2.75, 3.05) is 5.43 Å². The number of anilines is 1. The fourth-order valence-electron chi connectivity index (χ4n) is 4.32. The van der Waals surface area contributed by atoms with Crippen molar-refractivity contribution in [3.8, 4) is 0 Å². The molecule has 4 aliphatic rings. The minimum atomic E-state index is 0.610. The second-order valence-corrected chi connectivity index (χ2v) is 6.03. The second kappa shape index (κ2) is 4.04. The molecule has 1 aromatic rings. The Morgan fingerprint density at radius 3 is 2.17 bits per heavy atom. The van der Waals surface area contributed by atoms with Crippen LogP contribution in [0.3, 0.4) is 0 Å². The number of hydrogen-bond acceptors (Lipinski definition) is 4. The third-order valence-electron chi connectivity index (χ3n) is 4.83. The van der Waals surface area contributed by atoms with E-state index in [4.69, 9.17) is 0 Å². The summed E-state index contributed by atoms with van der Waals surface area (Å²) in [5.41, 5.74) is 4.44. The van der Waals surface area contributed by atoms with Gasteiger partial charge in [-0.05, 0) is 61.8 Å². The molecule has 4 saturated carbocycles. The van der Waals surface area contributed by atoms with Gasteiger partial charge in [-0.2, -0.15) is 5.10 Å². The zero-order chi connectivity index (χ0) is 11.9.